The molecule has 0 unspecified atom stereocenters. The van der Waals surface area contributed by atoms with Crippen molar-refractivity contribution < 1.29 is 4.74 Å². The van der Waals surface area contributed by atoms with Gasteiger partial charge in [0.2, 0.25) is 0 Å². The molecule has 0 saturated heterocycles. The fourth-order valence-electron chi connectivity index (χ4n) is 2.07. The van der Waals surface area contributed by atoms with Gasteiger partial charge in [0.25, 0.3) is 0 Å². The fourth-order valence-corrected chi connectivity index (χ4v) is 2.62. The Kier molecular flexibility index (Phi) is 3.72. The zero-order chi connectivity index (χ0) is 10.6. The van der Waals surface area contributed by atoms with E-state index in [0.29, 0.717) is 13.2 Å². The van der Waals surface area contributed by atoms with E-state index in [-0.39, 0.29) is 5.54 Å². The van der Waals surface area contributed by atoms with Crippen LogP contribution < -0.4 is 5.73 Å². The number of rotatable bonds is 4. The maximum atomic E-state index is 6.26. The minimum atomic E-state index is -0.0739. The molecule has 0 aromatic carbocycles. The average Bonchev–Trinajstić information content (AvgIpc) is 2.71. The van der Waals surface area contributed by atoms with Gasteiger partial charge in [0.05, 0.1) is 13.2 Å². The molecule has 0 bridgehead atoms. The van der Waals surface area contributed by atoms with Crippen molar-refractivity contribution in [2.45, 2.75) is 44.2 Å². The molecule has 0 radical (unpaired) electrons. The summed E-state index contributed by atoms with van der Waals surface area (Å²) in [7, 11) is 0. The van der Waals surface area contributed by atoms with Crippen LogP contribution in [0.25, 0.3) is 0 Å². The van der Waals surface area contributed by atoms with Gasteiger partial charge >= 0.3 is 0 Å². The average molecular weight is 226 g/mol. The van der Waals surface area contributed by atoms with Crippen LogP contribution in [0.15, 0.2) is 11.6 Å². The summed E-state index contributed by atoms with van der Waals surface area (Å²) in [5.74, 6) is 0. The predicted octanol–water partition coefficient (Wildman–Crippen LogP) is 2.32. The Hall–Kier alpha value is -0.450. The lowest BCUT2D eigenvalue weighted by Gasteiger charge is -2.32. The summed E-state index contributed by atoms with van der Waals surface area (Å²) in [6, 6.07) is 0. The van der Waals surface area contributed by atoms with Crippen molar-refractivity contribution in [3.63, 3.8) is 0 Å². The van der Waals surface area contributed by atoms with Gasteiger partial charge in [-0.3, -0.25) is 0 Å². The highest BCUT2D eigenvalue weighted by Crippen LogP contribution is 2.26. The van der Waals surface area contributed by atoms with E-state index in [2.05, 4.69) is 4.98 Å². The monoisotopic (exact) mass is 226 g/mol. The quantitative estimate of drug-likeness (QED) is 0.857. The highest BCUT2D eigenvalue weighted by atomic mass is 32.1. The van der Waals surface area contributed by atoms with E-state index in [4.69, 9.17) is 10.5 Å². The highest BCUT2D eigenvalue weighted by molar-refractivity contribution is 7.09. The predicted molar refractivity (Wildman–Crippen MR) is 61.8 cm³/mol. The first-order valence-corrected chi connectivity index (χ1v) is 6.41. The van der Waals surface area contributed by atoms with Gasteiger partial charge in [-0.1, -0.05) is 19.3 Å². The number of hydrogen-bond acceptors (Lipinski definition) is 4. The molecule has 15 heavy (non-hydrogen) atoms. The highest BCUT2D eigenvalue weighted by Gasteiger charge is 2.27. The Balaban J connectivity index is 1.72. The Morgan fingerprint density at radius 3 is 2.87 bits per heavy atom. The minimum absolute atomic E-state index is 0.0739. The van der Waals surface area contributed by atoms with E-state index in [1.54, 1.807) is 11.3 Å². The summed E-state index contributed by atoms with van der Waals surface area (Å²) in [6.45, 7) is 1.28. The van der Waals surface area contributed by atoms with Gasteiger partial charge in [-0.15, -0.1) is 11.3 Å². The minimum Gasteiger partial charge on any atom is -0.372 e. The molecule has 84 valence electrons. The summed E-state index contributed by atoms with van der Waals surface area (Å²) < 4.78 is 5.64. The molecular weight excluding hydrogens is 208 g/mol. The van der Waals surface area contributed by atoms with Crippen LogP contribution in [-0.2, 0) is 11.3 Å². The topological polar surface area (TPSA) is 48.1 Å². The summed E-state index contributed by atoms with van der Waals surface area (Å²) in [5.41, 5.74) is 6.18. The Labute approximate surface area is 94.7 Å². The Morgan fingerprint density at radius 1 is 1.40 bits per heavy atom. The number of nitrogens with two attached hydrogens (primary N) is 1. The molecule has 2 N–H and O–H groups in total. The van der Waals surface area contributed by atoms with Crippen molar-refractivity contribution in [3.05, 3.63) is 16.6 Å². The number of ether oxygens (including phenoxy) is 1. The van der Waals surface area contributed by atoms with E-state index in [0.717, 1.165) is 17.8 Å². The van der Waals surface area contributed by atoms with Crippen LogP contribution in [0.2, 0.25) is 0 Å². The van der Waals surface area contributed by atoms with E-state index in [9.17, 15) is 0 Å². The molecule has 4 heteroatoms. The molecule has 1 aliphatic rings. The fraction of sp³-hybridized carbons (Fsp3) is 0.727. The van der Waals surface area contributed by atoms with Crippen molar-refractivity contribution in [1.82, 2.24) is 4.98 Å². The van der Waals surface area contributed by atoms with Crippen molar-refractivity contribution >= 4 is 11.3 Å². The smallest absolute Gasteiger partial charge is 0.118 e. The van der Waals surface area contributed by atoms with E-state index >= 15 is 0 Å². The van der Waals surface area contributed by atoms with Crippen LogP contribution in [0.3, 0.4) is 0 Å². The largest absolute Gasteiger partial charge is 0.372 e. The second kappa shape index (κ2) is 5.05. The third-order valence-corrected chi connectivity index (χ3v) is 3.70. The molecule has 1 aromatic heterocycles. The van der Waals surface area contributed by atoms with Gasteiger partial charge in [0.15, 0.2) is 0 Å². The van der Waals surface area contributed by atoms with Crippen molar-refractivity contribution in [3.8, 4) is 0 Å². The molecule has 3 nitrogen and oxygen atoms in total. The maximum Gasteiger partial charge on any atom is 0.118 e. The van der Waals surface area contributed by atoms with Crippen LogP contribution in [0, 0.1) is 0 Å². The molecular formula is C11H18N2OS. The van der Waals surface area contributed by atoms with E-state index in [1.165, 1.54) is 19.3 Å². The number of aromatic nitrogens is 1. The Bertz CT molecular complexity index is 281. The first-order valence-electron chi connectivity index (χ1n) is 5.54. The van der Waals surface area contributed by atoms with Gasteiger partial charge in [-0.05, 0) is 12.8 Å². The lowest BCUT2D eigenvalue weighted by Crippen LogP contribution is -2.46. The van der Waals surface area contributed by atoms with E-state index < -0.39 is 0 Å². The summed E-state index contributed by atoms with van der Waals surface area (Å²) >= 11 is 1.63. The summed E-state index contributed by atoms with van der Waals surface area (Å²) in [6.07, 6.45) is 7.83. The van der Waals surface area contributed by atoms with Gasteiger partial charge in [-0.2, -0.15) is 0 Å². The van der Waals surface area contributed by atoms with Gasteiger partial charge in [0, 0.05) is 17.1 Å². The first-order chi connectivity index (χ1) is 7.29. The normalized spacial score (nSPS) is 20.3. The molecule has 2 rings (SSSR count). The van der Waals surface area contributed by atoms with Gasteiger partial charge in [0.1, 0.15) is 5.01 Å². The first kappa shape index (κ1) is 11.0. The van der Waals surface area contributed by atoms with Gasteiger partial charge in [-0.25, -0.2) is 4.98 Å². The van der Waals surface area contributed by atoms with Crippen molar-refractivity contribution in [2.24, 2.45) is 5.73 Å². The van der Waals surface area contributed by atoms with Crippen LogP contribution in [0.5, 0.6) is 0 Å². The number of thiazole rings is 1. The second-order valence-corrected chi connectivity index (χ2v) is 5.32. The third-order valence-electron chi connectivity index (χ3n) is 2.95. The number of hydrogen-bond donors (Lipinski definition) is 1. The van der Waals surface area contributed by atoms with Crippen molar-refractivity contribution in [2.75, 3.05) is 6.61 Å². The summed E-state index contributed by atoms with van der Waals surface area (Å²) in [5, 5.41) is 3.01. The van der Waals surface area contributed by atoms with Crippen molar-refractivity contribution in [1.29, 1.82) is 0 Å². The molecule has 1 aromatic rings. The lowest BCUT2D eigenvalue weighted by atomic mass is 9.83. The SMILES string of the molecule is NC1(COCc2nccs2)CCCCC1. The van der Waals surface area contributed by atoms with Crippen LogP contribution >= 0.6 is 11.3 Å². The molecule has 1 saturated carbocycles. The second-order valence-electron chi connectivity index (χ2n) is 4.34. The molecule has 1 aliphatic carbocycles. The molecule has 1 heterocycles. The van der Waals surface area contributed by atoms with Crippen LogP contribution in [0.1, 0.15) is 37.1 Å². The molecule has 1 fully saturated rings. The maximum absolute atomic E-state index is 6.26. The summed E-state index contributed by atoms with van der Waals surface area (Å²) in [4.78, 5) is 4.17. The van der Waals surface area contributed by atoms with Crippen LogP contribution in [-0.4, -0.2) is 17.1 Å². The molecule has 0 atom stereocenters. The van der Waals surface area contributed by atoms with Crippen LogP contribution in [0.4, 0.5) is 0 Å². The Morgan fingerprint density at radius 2 is 2.20 bits per heavy atom. The zero-order valence-electron chi connectivity index (χ0n) is 8.95. The standard InChI is InChI=1S/C11H18N2OS/c12-11(4-2-1-3-5-11)9-14-8-10-13-6-7-15-10/h6-7H,1-5,8-9,12H2. The molecule has 0 spiro atoms. The molecule has 0 aliphatic heterocycles. The van der Waals surface area contributed by atoms with Gasteiger partial charge < -0.3 is 10.5 Å². The van der Waals surface area contributed by atoms with E-state index in [1.807, 2.05) is 11.6 Å². The molecule has 0 amide bonds. The zero-order valence-corrected chi connectivity index (χ0v) is 9.76. The number of nitrogens with zero attached hydrogens (tertiary/aromatic N) is 1. The third kappa shape index (κ3) is 3.26. The lowest BCUT2D eigenvalue weighted by molar-refractivity contribution is 0.0574.